The van der Waals surface area contributed by atoms with Gasteiger partial charge in [-0.3, -0.25) is 0 Å². The number of nitriles is 3. The first-order chi connectivity index (χ1) is 39.5. The normalized spacial score (nSPS) is 11.2. The number of rotatable bonds is 9. The predicted molar refractivity (Wildman–Crippen MR) is 321 cm³/mol. The van der Waals surface area contributed by atoms with Gasteiger partial charge in [-0.15, -0.1) is 0 Å². The monoisotopic (exact) mass is 1020 g/mol. The highest BCUT2D eigenvalue weighted by molar-refractivity contribution is 6.12. The molecule has 3 heterocycles. The summed E-state index contributed by atoms with van der Waals surface area (Å²) in [6.07, 6.45) is 0. The van der Waals surface area contributed by atoms with Crippen LogP contribution in [-0.2, 0) is 0 Å². The maximum absolute atomic E-state index is 9.79. The fraction of sp³-hybridized carbons (Fsp3) is 0. The van der Waals surface area contributed by atoms with Crippen molar-refractivity contribution in [1.82, 2.24) is 24.1 Å². The fourth-order valence-electron chi connectivity index (χ4n) is 11.2. The molecule has 0 saturated heterocycles. The minimum atomic E-state index is 0.506. The second-order valence-electron chi connectivity index (χ2n) is 19.7. The molecule has 0 unspecified atom stereocenters. The minimum Gasteiger partial charge on any atom is -0.309 e. The summed E-state index contributed by atoms with van der Waals surface area (Å²) in [6.45, 7) is 0. The van der Waals surface area contributed by atoms with Gasteiger partial charge in [0.1, 0.15) is 0 Å². The van der Waals surface area contributed by atoms with Crippen LogP contribution in [0.4, 0.5) is 0 Å². The molecule has 0 fully saturated rings. The minimum absolute atomic E-state index is 0.506. The summed E-state index contributed by atoms with van der Waals surface area (Å²) in [5.41, 5.74) is 18.3. The Labute approximate surface area is 460 Å². The van der Waals surface area contributed by atoms with E-state index in [9.17, 15) is 15.8 Å². The van der Waals surface area contributed by atoms with Crippen LogP contribution in [0.15, 0.2) is 255 Å². The highest BCUT2D eigenvalue weighted by Crippen LogP contribution is 2.44. The molecule has 0 spiro atoms. The SMILES string of the molecule is N#Cc1ccc(-c2ccc(-n3c4ccccc4c4cc(-c5ccc(C#N)cc5)ccc43)c(-c3ccc(-n4c5ccccc5c5cc(-c6ccc(C#N)cc6)ccc54)c(-c4nc(-c5ccccc5)nc(-c5ccccc5)n4)c3)c2)cc1. The Hall–Kier alpha value is -11.5. The lowest BCUT2D eigenvalue weighted by atomic mass is 9.94. The molecule has 0 bridgehead atoms. The lowest BCUT2D eigenvalue weighted by Crippen LogP contribution is -2.04. The molecule has 14 rings (SSSR count). The van der Waals surface area contributed by atoms with Crippen LogP contribution < -0.4 is 0 Å². The molecule has 80 heavy (non-hydrogen) atoms. The Balaban J connectivity index is 1.05. The Morgan fingerprint density at radius 3 is 1.04 bits per heavy atom. The Bertz CT molecular complexity index is 4820. The van der Waals surface area contributed by atoms with Crippen molar-refractivity contribution in [2.45, 2.75) is 0 Å². The largest absolute Gasteiger partial charge is 0.309 e. The second-order valence-corrected chi connectivity index (χ2v) is 19.7. The van der Waals surface area contributed by atoms with Crippen molar-refractivity contribution in [1.29, 1.82) is 15.8 Å². The lowest BCUT2D eigenvalue weighted by molar-refractivity contribution is 1.06. The molecule has 11 aromatic carbocycles. The number of nitrogens with zero attached hydrogens (tertiary/aromatic N) is 8. The summed E-state index contributed by atoms with van der Waals surface area (Å²) >= 11 is 0. The number of hydrogen-bond donors (Lipinski definition) is 0. The van der Waals surface area contributed by atoms with Crippen molar-refractivity contribution >= 4 is 43.6 Å². The smallest absolute Gasteiger partial charge is 0.166 e. The maximum Gasteiger partial charge on any atom is 0.166 e. The topological polar surface area (TPSA) is 120 Å². The van der Waals surface area contributed by atoms with Crippen molar-refractivity contribution in [3.05, 3.63) is 271 Å². The van der Waals surface area contributed by atoms with Gasteiger partial charge in [0, 0.05) is 43.8 Å². The van der Waals surface area contributed by atoms with E-state index in [4.69, 9.17) is 15.0 Å². The first-order valence-electron chi connectivity index (χ1n) is 26.2. The predicted octanol–water partition coefficient (Wildman–Crippen LogP) is 17.3. The van der Waals surface area contributed by atoms with Gasteiger partial charge in [-0.2, -0.15) is 15.8 Å². The highest BCUT2D eigenvalue weighted by Gasteiger charge is 2.24. The van der Waals surface area contributed by atoms with E-state index in [1.165, 1.54) is 0 Å². The zero-order chi connectivity index (χ0) is 53.7. The summed E-state index contributed by atoms with van der Waals surface area (Å²) in [6, 6.07) is 93.6. The molecular weight excluding hydrogens is 977 g/mol. The van der Waals surface area contributed by atoms with Gasteiger partial charge in [-0.25, -0.2) is 15.0 Å². The zero-order valence-electron chi connectivity index (χ0n) is 42.8. The fourth-order valence-corrected chi connectivity index (χ4v) is 11.2. The number of aromatic nitrogens is 5. The molecule has 0 N–H and O–H groups in total. The van der Waals surface area contributed by atoms with Crippen molar-refractivity contribution < 1.29 is 0 Å². The van der Waals surface area contributed by atoms with E-state index in [0.29, 0.717) is 34.2 Å². The molecule has 0 aliphatic carbocycles. The highest BCUT2D eigenvalue weighted by atomic mass is 15.1. The Morgan fingerprint density at radius 1 is 0.250 bits per heavy atom. The van der Waals surface area contributed by atoms with E-state index in [-0.39, 0.29) is 0 Å². The van der Waals surface area contributed by atoms with Crippen LogP contribution in [0.1, 0.15) is 16.7 Å². The van der Waals surface area contributed by atoms with E-state index in [2.05, 4.69) is 149 Å². The average molecular weight is 1020 g/mol. The van der Waals surface area contributed by atoms with E-state index in [1.807, 2.05) is 133 Å². The van der Waals surface area contributed by atoms with Crippen LogP contribution in [0.25, 0.3) is 134 Å². The molecule has 14 aromatic rings. The number of hydrogen-bond acceptors (Lipinski definition) is 6. The van der Waals surface area contributed by atoms with Crippen molar-refractivity contribution in [2.75, 3.05) is 0 Å². The molecule has 0 atom stereocenters. The summed E-state index contributed by atoms with van der Waals surface area (Å²) in [4.78, 5) is 15.9. The summed E-state index contributed by atoms with van der Waals surface area (Å²) < 4.78 is 4.69. The van der Waals surface area contributed by atoms with Crippen LogP contribution in [0.3, 0.4) is 0 Å². The van der Waals surface area contributed by atoms with Crippen LogP contribution in [0.2, 0.25) is 0 Å². The van der Waals surface area contributed by atoms with Crippen LogP contribution in [0, 0.1) is 34.0 Å². The van der Waals surface area contributed by atoms with Crippen molar-refractivity contribution in [2.24, 2.45) is 0 Å². The third-order valence-corrected chi connectivity index (χ3v) is 15.1. The van der Waals surface area contributed by atoms with E-state index in [1.54, 1.807) is 0 Å². The van der Waals surface area contributed by atoms with Crippen LogP contribution in [0.5, 0.6) is 0 Å². The number of para-hydroxylation sites is 2. The second kappa shape index (κ2) is 19.6. The summed E-state index contributed by atoms with van der Waals surface area (Å²) in [7, 11) is 0. The summed E-state index contributed by atoms with van der Waals surface area (Å²) in [5.74, 6) is 1.61. The number of fused-ring (bicyclic) bond motifs is 6. The molecule has 0 saturated carbocycles. The first kappa shape index (κ1) is 47.0. The molecule has 0 amide bonds. The van der Waals surface area contributed by atoms with E-state index >= 15 is 0 Å². The third-order valence-electron chi connectivity index (χ3n) is 15.1. The molecule has 0 aliphatic heterocycles. The summed E-state index contributed by atoms with van der Waals surface area (Å²) in [5, 5.41) is 33.3. The van der Waals surface area contributed by atoms with Gasteiger partial charge in [0.25, 0.3) is 0 Å². The van der Waals surface area contributed by atoms with Gasteiger partial charge in [-0.05, 0) is 136 Å². The molecular formula is C72H42N8. The molecule has 8 nitrogen and oxygen atoms in total. The van der Waals surface area contributed by atoms with Gasteiger partial charge in [-0.1, -0.05) is 158 Å². The maximum atomic E-state index is 9.79. The molecule has 0 radical (unpaired) electrons. The third kappa shape index (κ3) is 8.20. The van der Waals surface area contributed by atoms with Crippen molar-refractivity contribution in [3.63, 3.8) is 0 Å². The van der Waals surface area contributed by atoms with E-state index < -0.39 is 0 Å². The lowest BCUT2D eigenvalue weighted by Gasteiger charge is -2.19. The van der Waals surface area contributed by atoms with Crippen LogP contribution in [-0.4, -0.2) is 24.1 Å². The molecule has 8 heteroatoms. The standard InChI is InChI=1S/C72H42N8/c73-43-46-19-25-49(26-20-46)54-31-35-66(79-64-17-9-7-15-58(64)61-40-55(32-36-67(61)79)50-27-21-47(44-74)22-28-50)60(39-54)57-34-38-69(63(42-57)72-77-70(52-11-3-1-4-12-52)76-71(78-72)53-13-5-2-6-14-53)80-65-18-10-8-16-59(65)62-41-56(33-37-68(62)80)51-29-23-48(45-75)24-30-51/h1-42H. The van der Waals surface area contributed by atoms with Crippen molar-refractivity contribution in [3.8, 4) is 108 Å². The average Bonchev–Trinajstić information content (AvgIpc) is 4.25. The Kier molecular flexibility index (Phi) is 11.5. The quantitative estimate of drug-likeness (QED) is 0.142. The van der Waals surface area contributed by atoms with E-state index in [0.717, 1.165) is 116 Å². The van der Waals surface area contributed by atoms with Gasteiger partial charge in [0.05, 0.1) is 68.3 Å². The molecule has 0 aliphatic rings. The van der Waals surface area contributed by atoms with Crippen LogP contribution >= 0.6 is 0 Å². The Morgan fingerprint density at radius 2 is 0.588 bits per heavy atom. The molecule has 370 valence electrons. The number of benzene rings is 11. The molecule has 3 aromatic heterocycles. The van der Waals surface area contributed by atoms with Gasteiger partial charge < -0.3 is 9.13 Å². The van der Waals surface area contributed by atoms with Gasteiger partial charge in [0.15, 0.2) is 17.5 Å². The van der Waals surface area contributed by atoms with Gasteiger partial charge >= 0.3 is 0 Å². The zero-order valence-corrected chi connectivity index (χ0v) is 42.8. The first-order valence-corrected chi connectivity index (χ1v) is 26.2. The van der Waals surface area contributed by atoms with Gasteiger partial charge in [0.2, 0.25) is 0 Å².